The molecule has 1 amide bonds. The highest BCUT2D eigenvalue weighted by Gasteiger charge is 2.01. The van der Waals surface area contributed by atoms with Crippen molar-refractivity contribution in [2.45, 2.75) is 26.3 Å². The fourth-order valence-corrected chi connectivity index (χ4v) is 1.28. The summed E-state index contributed by atoms with van der Waals surface area (Å²) in [6, 6.07) is 0. The second-order valence-electron chi connectivity index (χ2n) is 2.63. The summed E-state index contributed by atoms with van der Waals surface area (Å²) >= 11 is 2.00. The standard InChI is InChI=1S/C7H11IN4O/c1-2-3-7(13)9-4-6-5-12(8)11-10-6/h5H,2-4H2,1H3,(H,9,13). The molecule has 1 N–H and O–H groups in total. The minimum atomic E-state index is 0.0607. The fourth-order valence-electron chi connectivity index (χ4n) is 0.860. The molecule has 13 heavy (non-hydrogen) atoms. The number of rotatable bonds is 4. The normalized spacial score (nSPS) is 10.0. The minimum Gasteiger partial charge on any atom is -0.350 e. The second kappa shape index (κ2) is 5.15. The fraction of sp³-hybridized carbons (Fsp3) is 0.571. The molecule has 0 unspecified atom stereocenters. The molecule has 0 atom stereocenters. The van der Waals surface area contributed by atoms with Crippen LogP contribution in [0.25, 0.3) is 0 Å². The topological polar surface area (TPSA) is 59.8 Å². The number of nitrogens with one attached hydrogen (secondary N) is 1. The predicted octanol–water partition coefficient (Wildman–Crippen LogP) is 0.893. The zero-order valence-corrected chi connectivity index (χ0v) is 9.48. The molecule has 6 heteroatoms. The van der Waals surface area contributed by atoms with Gasteiger partial charge in [-0.05, 0) is 6.42 Å². The maximum absolute atomic E-state index is 11.1. The molecule has 0 bridgehead atoms. The van der Waals surface area contributed by atoms with Crippen LogP contribution in [0.5, 0.6) is 0 Å². The van der Waals surface area contributed by atoms with E-state index in [-0.39, 0.29) is 5.91 Å². The van der Waals surface area contributed by atoms with Crippen molar-refractivity contribution < 1.29 is 4.79 Å². The van der Waals surface area contributed by atoms with Crippen LogP contribution in [0.1, 0.15) is 25.5 Å². The molecule has 1 heterocycles. The Bertz CT molecular complexity index is 286. The van der Waals surface area contributed by atoms with E-state index in [2.05, 4.69) is 15.6 Å². The zero-order chi connectivity index (χ0) is 9.68. The van der Waals surface area contributed by atoms with Gasteiger partial charge in [-0.1, -0.05) is 12.1 Å². The molecular formula is C7H11IN4O. The van der Waals surface area contributed by atoms with Crippen molar-refractivity contribution in [3.05, 3.63) is 11.9 Å². The molecule has 0 saturated carbocycles. The van der Waals surface area contributed by atoms with Crippen LogP contribution >= 0.6 is 22.9 Å². The number of hydrogen-bond acceptors (Lipinski definition) is 3. The van der Waals surface area contributed by atoms with Gasteiger partial charge >= 0.3 is 0 Å². The largest absolute Gasteiger partial charge is 0.350 e. The molecule has 0 aliphatic rings. The highest BCUT2D eigenvalue weighted by Crippen LogP contribution is 1.96. The summed E-state index contributed by atoms with van der Waals surface area (Å²) in [5.74, 6) is 0.0607. The van der Waals surface area contributed by atoms with Crippen molar-refractivity contribution in [2.24, 2.45) is 0 Å². The number of amides is 1. The molecule has 1 aromatic heterocycles. The Labute approximate surface area is 90.4 Å². The van der Waals surface area contributed by atoms with E-state index in [4.69, 9.17) is 0 Å². The lowest BCUT2D eigenvalue weighted by Crippen LogP contribution is -2.22. The van der Waals surface area contributed by atoms with Crippen LogP contribution in [0, 0.1) is 0 Å². The van der Waals surface area contributed by atoms with Gasteiger partial charge in [0, 0.05) is 6.42 Å². The van der Waals surface area contributed by atoms with Crippen LogP contribution < -0.4 is 5.32 Å². The van der Waals surface area contributed by atoms with Gasteiger partial charge in [0.25, 0.3) is 0 Å². The molecule has 0 aliphatic heterocycles. The zero-order valence-electron chi connectivity index (χ0n) is 7.33. The third-order valence-corrected chi connectivity index (χ3v) is 1.93. The van der Waals surface area contributed by atoms with Crippen LogP contribution in [0.3, 0.4) is 0 Å². The van der Waals surface area contributed by atoms with Crippen molar-refractivity contribution in [3.8, 4) is 0 Å². The summed E-state index contributed by atoms with van der Waals surface area (Å²) in [5.41, 5.74) is 0.777. The van der Waals surface area contributed by atoms with Crippen LogP contribution in [0.15, 0.2) is 6.20 Å². The first kappa shape index (κ1) is 10.4. The minimum absolute atomic E-state index is 0.0607. The molecule has 1 aromatic rings. The molecule has 5 nitrogen and oxygen atoms in total. The quantitative estimate of drug-likeness (QED) is 0.839. The average molecular weight is 294 g/mol. The van der Waals surface area contributed by atoms with Gasteiger partial charge in [0.1, 0.15) is 5.69 Å². The maximum Gasteiger partial charge on any atom is 0.220 e. The monoisotopic (exact) mass is 294 g/mol. The predicted molar refractivity (Wildman–Crippen MR) is 56.2 cm³/mol. The summed E-state index contributed by atoms with van der Waals surface area (Å²) in [6.07, 6.45) is 3.20. The van der Waals surface area contributed by atoms with E-state index in [1.165, 1.54) is 0 Å². The summed E-state index contributed by atoms with van der Waals surface area (Å²) < 4.78 is 1.58. The van der Waals surface area contributed by atoms with E-state index in [0.29, 0.717) is 13.0 Å². The van der Waals surface area contributed by atoms with Crippen molar-refractivity contribution in [3.63, 3.8) is 0 Å². The molecule has 0 fully saturated rings. The van der Waals surface area contributed by atoms with E-state index in [1.807, 2.05) is 29.8 Å². The highest BCUT2D eigenvalue weighted by atomic mass is 127. The molecular weight excluding hydrogens is 283 g/mol. The molecule has 0 saturated heterocycles. The van der Waals surface area contributed by atoms with E-state index in [9.17, 15) is 4.79 Å². The highest BCUT2D eigenvalue weighted by molar-refractivity contribution is 14.1. The number of halogens is 1. The molecule has 1 rings (SSSR count). The number of carbonyl (C=O) groups is 1. The molecule has 0 aromatic carbocycles. The number of hydrogen-bond donors (Lipinski definition) is 1. The Hall–Kier alpha value is -0.660. The Morgan fingerprint density at radius 1 is 1.77 bits per heavy atom. The lowest BCUT2D eigenvalue weighted by molar-refractivity contribution is -0.121. The third-order valence-electron chi connectivity index (χ3n) is 1.46. The maximum atomic E-state index is 11.1. The van der Waals surface area contributed by atoms with Crippen LogP contribution in [0.2, 0.25) is 0 Å². The Morgan fingerprint density at radius 2 is 2.54 bits per heavy atom. The van der Waals surface area contributed by atoms with Gasteiger partial charge in [-0.15, -0.1) is 5.10 Å². The first-order valence-corrected chi connectivity index (χ1v) is 5.03. The van der Waals surface area contributed by atoms with Gasteiger partial charge in [-0.2, -0.15) is 2.90 Å². The number of aromatic nitrogens is 3. The Balaban J connectivity index is 2.30. The van der Waals surface area contributed by atoms with Crippen molar-refractivity contribution in [1.82, 2.24) is 18.5 Å². The molecule has 72 valence electrons. The van der Waals surface area contributed by atoms with Gasteiger partial charge < -0.3 is 5.32 Å². The Morgan fingerprint density at radius 3 is 3.08 bits per heavy atom. The SMILES string of the molecule is CCCC(=O)NCc1cn(I)nn1. The first-order chi connectivity index (χ1) is 6.22. The third kappa shape index (κ3) is 3.71. The van der Waals surface area contributed by atoms with Gasteiger partial charge in [-0.25, -0.2) is 0 Å². The molecule has 0 spiro atoms. The van der Waals surface area contributed by atoms with Gasteiger partial charge in [0.2, 0.25) is 5.91 Å². The summed E-state index contributed by atoms with van der Waals surface area (Å²) in [4.78, 5) is 11.1. The smallest absolute Gasteiger partial charge is 0.220 e. The van der Waals surface area contributed by atoms with E-state index >= 15 is 0 Å². The van der Waals surface area contributed by atoms with E-state index in [0.717, 1.165) is 12.1 Å². The lowest BCUT2D eigenvalue weighted by atomic mass is 10.3. The summed E-state index contributed by atoms with van der Waals surface area (Å²) in [5, 5.41) is 10.3. The van der Waals surface area contributed by atoms with Crippen LogP contribution in [0.4, 0.5) is 0 Å². The van der Waals surface area contributed by atoms with Gasteiger partial charge in [-0.3, -0.25) is 4.79 Å². The van der Waals surface area contributed by atoms with Crippen molar-refractivity contribution >= 4 is 28.8 Å². The van der Waals surface area contributed by atoms with E-state index in [1.54, 1.807) is 9.09 Å². The van der Waals surface area contributed by atoms with Crippen LogP contribution in [-0.2, 0) is 11.3 Å². The number of carbonyl (C=O) groups excluding carboxylic acids is 1. The first-order valence-electron chi connectivity index (χ1n) is 4.06. The second-order valence-corrected chi connectivity index (χ2v) is 3.61. The summed E-state index contributed by atoms with van der Waals surface area (Å²) in [7, 11) is 0. The summed E-state index contributed by atoms with van der Waals surface area (Å²) in [6.45, 7) is 2.43. The Kier molecular flexibility index (Phi) is 4.13. The van der Waals surface area contributed by atoms with Crippen LogP contribution in [-0.4, -0.2) is 19.1 Å². The van der Waals surface area contributed by atoms with Gasteiger partial charge in [0.05, 0.1) is 35.6 Å². The van der Waals surface area contributed by atoms with Crippen molar-refractivity contribution in [2.75, 3.05) is 0 Å². The molecule has 0 aliphatic carbocycles. The number of nitrogens with zero attached hydrogens (tertiary/aromatic N) is 3. The van der Waals surface area contributed by atoms with E-state index < -0.39 is 0 Å². The van der Waals surface area contributed by atoms with Crippen molar-refractivity contribution in [1.29, 1.82) is 0 Å². The molecule has 0 radical (unpaired) electrons. The lowest BCUT2D eigenvalue weighted by Gasteiger charge is -1.99. The van der Waals surface area contributed by atoms with Gasteiger partial charge in [0.15, 0.2) is 0 Å². The average Bonchev–Trinajstić information content (AvgIpc) is 2.49.